The first-order chi connectivity index (χ1) is 6.86. The molecule has 1 aromatic heterocycles. The van der Waals surface area contributed by atoms with E-state index in [1.165, 1.54) is 19.0 Å². The zero-order valence-corrected chi connectivity index (χ0v) is 9.87. The van der Waals surface area contributed by atoms with E-state index >= 15 is 0 Å². The van der Waals surface area contributed by atoms with Gasteiger partial charge in [0.25, 0.3) is 5.95 Å². The Hall–Kier alpha value is -0.830. The maximum atomic E-state index is 13.7. The van der Waals surface area contributed by atoms with Crippen molar-refractivity contribution >= 4 is 19.0 Å². The first kappa shape index (κ1) is 12.2. The summed E-state index contributed by atoms with van der Waals surface area (Å²) >= 11 is 0. The third-order valence-corrected chi connectivity index (χ3v) is 3.16. The van der Waals surface area contributed by atoms with E-state index in [1.807, 2.05) is 0 Å². The normalized spacial score (nSPS) is 10.9. The van der Waals surface area contributed by atoms with E-state index in [-0.39, 0.29) is 11.1 Å². The standard InChI is InChI=1S/C9H12F3N2P/c1-14(2)9-6(11)7(15(3)4)5(10)8(12)13-9/h1-4H3. The zero-order valence-electron chi connectivity index (χ0n) is 8.98. The molecule has 0 spiro atoms. The summed E-state index contributed by atoms with van der Waals surface area (Å²) < 4.78 is 40.1. The Morgan fingerprint density at radius 1 is 1.07 bits per heavy atom. The fourth-order valence-electron chi connectivity index (χ4n) is 1.18. The molecule has 15 heavy (non-hydrogen) atoms. The van der Waals surface area contributed by atoms with Crippen LogP contribution in [0.25, 0.3) is 0 Å². The Labute approximate surface area is 87.9 Å². The number of hydrogen-bond acceptors (Lipinski definition) is 2. The molecule has 2 nitrogen and oxygen atoms in total. The molecule has 0 aliphatic heterocycles. The van der Waals surface area contributed by atoms with Crippen molar-refractivity contribution in [2.24, 2.45) is 0 Å². The van der Waals surface area contributed by atoms with Crippen molar-refractivity contribution < 1.29 is 13.2 Å². The number of pyridine rings is 1. The molecule has 0 saturated carbocycles. The Morgan fingerprint density at radius 3 is 2.00 bits per heavy atom. The van der Waals surface area contributed by atoms with Crippen LogP contribution in [0.5, 0.6) is 0 Å². The van der Waals surface area contributed by atoms with Crippen molar-refractivity contribution in [1.82, 2.24) is 4.98 Å². The lowest BCUT2D eigenvalue weighted by atomic mass is 10.4. The minimum atomic E-state index is -1.24. The number of anilines is 1. The van der Waals surface area contributed by atoms with E-state index in [0.29, 0.717) is 0 Å². The first-order valence-corrected chi connectivity index (χ1v) is 6.49. The van der Waals surface area contributed by atoms with Crippen LogP contribution in [0.4, 0.5) is 19.0 Å². The van der Waals surface area contributed by atoms with Gasteiger partial charge in [0.1, 0.15) is 0 Å². The summed E-state index contributed by atoms with van der Waals surface area (Å²) in [6.07, 6.45) is 0. The lowest BCUT2D eigenvalue weighted by Gasteiger charge is -2.17. The average molecular weight is 236 g/mol. The van der Waals surface area contributed by atoms with Crippen LogP contribution in [-0.2, 0) is 0 Å². The number of rotatable bonds is 2. The monoisotopic (exact) mass is 236 g/mol. The smallest absolute Gasteiger partial charge is 0.251 e. The Balaban J connectivity index is 3.49. The van der Waals surface area contributed by atoms with Crippen molar-refractivity contribution in [1.29, 1.82) is 0 Å². The lowest BCUT2D eigenvalue weighted by molar-refractivity contribution is 0.473. The van der Waals surface area contributed by atoms with Crippen LogP contribution in [0, 0.1) is 17.6 Å². The minimum absolute atomic E-state index is 0.167. The molecule has 0 N–H and O–H groups in total. The van der Waals surface area contributed by atoms with Gasteiger partial charge in [-0.05, 0) is 13.3 Å². The molecule has 0 radical (unpaired) electrons. The van der Waals surface area contributed by atoms with Crippen molar-refractivity contribution in [3.05, 3.63) is 17.6 Å². The topological polar surface area (TPSA) is 16.1 Å². The maximum absolute atomic E-state index is 13.7. The number of halogens is 3. The molecule has 0 saturated heterocycles. The van der Waals surface area contributed by atoms with Crippen LogP contribution in [-0.4, -0.2) is 32.4 Å². The molecule has 0 bridgehead atoms. The molecule has 0 unspecified atom stereocenters. The van der Waals surface area contributed by atoms with Crippen LogP contribution in [0.15, 0.2) is 0 Å². The van der Waals surface area contributed by atoms with Gasteiger partial charge in [0.2, 0.25) is 0 Å². The second-order valence-corrected chi connectivity index (χ2v) is 5.73. The molecule has 84 valence electrons. The number of aromatic nitrogens is 1. The van der Waals surface area contributed by atoms with Crippen LogP contribution in [0.2, 0.25) is 0 Å². The highest BCUT2D eigenvalue weighted by Gasteiger charge is 2.23. The summed E-state index contributed by atoms with van der Waals surface area (Å²) in [5.41, 5.74) is 0. The van der Waals surface area contributed by atoms with Gasteiger partial charge in [-0.2, -0.15) is 9.37 Å². The molecule has 0 fully saturated rings. The summed E-state index contributed by atoms with van der Waals surface area (Å²) in [4.78, 5) is 4.55. The summed E-state index contributed by atoms with van der Waals surface area (Å²) in [7, 11) is 2.00. The Morgan fingerprint density at radius 2 is 1.60 bits per heavy atom. The highest BCUT2D eigenvalue weighted by molar-refractivity contribution is 7.64. The summed E-state index contributed by atoms with van der Waals surface area (Å²) in [6.45, 7) is 3.32. The predicted molar refractivity (Wildman–Crippen MR) is 56.8 cm³/mol. The van der Waals surface area contributed by atoms with Crippen LogP contribution < -0.4 is 10.2 Å². The molecular weight excluding hydrogens is 224 g/mol. The van der Waals surface area contributed by atoms with Gasteiger partial charge < -0.3 is 4.90 Å². The SMILES string of the molecule is CN(C)c1nc(F)c(F)c(P(C)C)c1F. The van der Waals surface area contributed by atoms with Gasteiger partial charge in [-0.1, -0.05) is 7.92 Å². The van der Waals surface area contributed by atoms with E-state index in [0.717, 1.165) is 0 Å². The molecule has 1 rings (SSSR count). The van der Waals surface area contributed by atoms with Gasteiger partial charge in [0.05, 0.1) is 5.30 Å². The van der Waals surface area contributed by atoms with Crippen LogP contribution >= 0.6 is 7.92 Å². The van der Waals surface area contributed by atoms with Crippen molar-refractivity contribution in [2.45, 2.75) is 0 Å². The van der Waals surface area contributed by atoms with Gasteiger partial charge in [0.15, 0.2) is 17.5 Å². The molecule has 0 aliphatic carbocycles. The predicted octanol–water partition coefficient (Wildman–Crippen LogP) is 1.93. The van der Waals surface area contributed by atoms with E-state index in [2.05, 4.69) is 4.98 Å². The van der Waals surface area contributed by atoms with Gasteiger partial charge in [0, 0.05) is 14.1 Å². The quantitative estimate of drug-likeness (QED) is 0.576. The van der Waals surface area contributed by atoms with Crippen LogP contribution in [0.1, 0.15) is 0 Å². The zero-order chi connectivity index (χ0) is 11.7. The molecule has 1 heterocycles. The second-order valence-electron chi connectivity index (χ2n) is 3.49. The summed E-state index contributed by atoms with van der Waals surface area (Å²) in [6, 6.07) is 0. The fourth-order valence-corrected chi connectivity index (χ4v) is 2.16. The Bertz CT molecular complexity index is 380. The van der Waals surface area contributed by atoms with E-state index < -0.39 is 25.5 Å². The fraction of sp³-hybridized carbons (Fsp3) is 0.444. The first-order valence-electron chi connectivity index (χ1n) is 4.25. The van der Waals surface area contributed by atoms with Crippen molar-refractivity contribution in [3.8, 4) is 0 Å². The molecule has 0 aliphatic rings. The largest absolute Gasteiger partial charge is 0.360 e. The molecular formula is C9H12F3N2P. The molecule has 1 aromatic rings. The van der Waals surface area contributed by atoms with Gasteiger partial charge in [-0.3, -0.25) is 0 Å². The minimum Gasteiger partial charge on any atom is -0.360 e. The number of hydrogen-bond donors (Lipinski definition) is 0. The maximum Gasteiger partial charge on any atom is 0.251 e. The van der Waals surface area contributed by atoms with E-state index in [9.17, 15) is 13.2 Å². The van der Waals surface area contributed by atoms with Crippen molar-refractivity contribution in [2.75, 3.05) is 32.3 Å². The van der Waals surface area contributed by atoms with E-state index in [1.54, 1.807) is 13.3 Å². The van der Waals surface area contributed by atoms with E-state index in [4.69, 9.17) is 0 Å². The molecule has 6 heteroatoms. The van der Waals surface area contributed by atoms with Crippen LogP contribution in [0.3, 0.4) is 0 Å². The Kier molecular flexibility index (Phi) is 3.55. The highest BCUT2D eigenvalue weighted by atomic mass is 31.1. The van der Waals surface area contributed by atoms with Gasteiger partial charge in [-0.15, -0.1) is 0 Å². The summed E-state index contributed by atoms with van der Waals surface area (Å²) in [5, 5.41) is -0.193. The number of nitrogens with zero attached hydrogens (tertiary/aromatic N) is 2. The average Bonchev–Trinajstić information content (AvgIpc) is 2.10. The van der Waals surface area contributed by atoms with Gasteiger partial charge in [-0.25, -0.2) is 8.78 Å². The van der Waals surface area contributed by atoms with Crippen molar-refractivity contribution in [3.63, 3.8) is 0 Å². The third-order valence-electron chi connectivity index (χ3n) is 1.87. The third kappa shape index (κ3) is 2.23. The van der Waals surface area contributed by atoms with Gasteiger partial charge >= 0.3 is 0 Å². The molecule has 0 amide bonds. The lowest BCUT2D eigenvalue weighted by Crippen LogP contribution is -2.22. The second kappa shape index (κ2) is 4.35. The molecule has 0 atom stereocenters. The summed E-state index contributed by atoms with van der Waals surface area (Å²) in [5.74, 6) is -3.35. The molecule has 0 aromatic carbocycles. The highest BCUT2D eigenvalue weighted by Crippen LogP contribution is 2.30.